The van der Waals surface area contributed by atoms with Crippen molar-refractivity contribution in [3.63, 3.8) is 0 Å². The van der Waals surface area contributed by atoms with E-state index in [0.29, 0.717) is 0 Å². The number of hydrogen-bond acceptors (Lipinski definition) is 4. The predicted octanol–water partition coefficient (Wildman–Crippen LogP) is 4.98. The zero-order valence-corrected chi connectivity index (χ0v) is 16.4. The van der Waals surface area contributed by atoms with Crippen LogP contribution in [0.25, 0.3) is 21.2 Å². The molecule has 0 aliphatic rings. The van der Waals surface area contributed by atoms with Crippen molar-refractivity contribution in [2.45, 2.75) is 6.42 Å². The van der Waals surface area contributed by atoms with E-state index in [0.717, 1.165) is 44.9 Å². The van der Waals surface area contributed by atoms with Crippen LogP contribution in [0.5, 0.6) is 0 Å². The van der Waals surface area contributed by atoms with Crippen molar-refractivity contribution in [2.24, 2.45) is 0 Å². The Bertz CT molecular complexity index is 1090. The Morgan fingerprint density at radius 3 is 2.57 bits per heavy atom. The Morgan fingerprint density at radius 2 is 1.82 bits per heavy atom. The highest BCUT2D eigenvalue weighted by atomic mass is 32.1. The number of aromatic nitrogens is 1. The van der Waals surface area contributed by atoms with E-state index in [1.807, 2.05) is 24.4 Å². The normalized spacial score (nSPS) is 10.8. The summed E-state index contributed by atoms with van der Waals surface area (Å²) in [5.41, 5.74) is 3.46. The van der Waals surface area contributed by atoms with Crippen molar-refractivity contribution in [2.75, 3.05) is 18.9 Å². The number of hydrogen-bond donors (Lipinski definition) is 2. The van der Waals surface area contributed by atoms with Gasteiger partial charge in [0.05, 0.1) is 4.88 Å². The SMILES string of the molecule is CNC(=O)c1cc2cc(-c3ccc(NCCc4ccccc4)nc3)ccc2s1. The van der Waals surface area contributed by atoms with Crippen LogP contribution in [0.4, 0.5) is 5.82 Å². The lowest BCUT2D eigenvalue weighted by atomic mass is 10.1. The zero-order chi connectivity index (χ0) is 19.3. The lowest BCUT2D eigenvalue weighted by Crippen LogP contribution is -2.15. The van der Waals surface area contributed by atoms with Gasteiger partial charge in [0.15, 0.2) is 0 Å². The standard InChI is InChI=1S/C23H21N3OS/c1-24-23(27)21-14-19-13-17(7-9-20(19)28-21)18-8-10-22(26-15-18)25-12-11-16-5-3-2-4-6-16/h2-10,13-15H,11-12H2,1H3,(H,24,27)(H,25,26). The minimum atomic E-state index is -0.0460. The first-order valence-electron chi connectivity index (χ1n) is 9.23. The highest BCUT2D eigenvalue weighted by Crippen LogP contribution is 2.30. The van der Waals surface area contributed by atoms with Crippen molar-refractivity contribution in [3.8, 4) is 11.1 Å². The Kier molecular flexibility index (Phi) is 5.35. The summed E-state index contributed by atoms with van der Waals surface area (Å²) in [6, 6.07) is 22.7. The molecule has 0 aliphatic heterocycles. The Hall–Kier alpha value is -3.18. The van der Waals surface area contributed by atoms with Gasteiger partial charge in [0.1, 0.15) is 5.82 Å². The summed E-state index contributed by atoms with van der Waals surface area (Å²) in [7, 11) is 1.65. The third-order valence-corrected chi connectivity index (χ3v) is 5.74. The summed E-state index contributed by atoms with van der Waals surface area (Å²) in [6.07, 6.45) is 2.85. The fourth-order valence-corrected chi connectivity index (χ4v) is 4.10. The van der Waals surface area contributed by atoms with E-state index in [1.165, 1.54) is 16.9 Å². The van der Waals surface area contributed by atoms with Crippen molar-refractivity contribution in [3.05, 3.63) is 83.4 Å². The lowest BCUT2D eigenvalue weighted by molar-refractivity contribution is 0.0967. The third-order valence-electron chi connectivity index (χ3n) is 4.63. The van der Waals surface area contributed by atoms with Crippen LogP contribution in [0, 0.1) is 0 Å². The van der Waals surface area contributed by atoms with E-state index in [1.54, 1.807) is 7.05 Å². The molecule has 0 saturated carbocycles. The second kappa shape index (κ2) is 8.23. The number of amides is 1. The smallest absolute Gasteiger partial charge is 0.261 e. The van der Waals surface area contributed by atoms with Gasteiger partial charge in [-0.2, -0.15) is 0 Å². The number of fused-ring (bicyclic) bond motifs is 1. The van der Waals surface area contributed by atoms with Gasteiger partial charge in [0.2, 0.25) is 0 Å². The number of pyridine rings is 1. The molecule has 2 heterocycles. The molecule has 4 rings (SSSR count). The predicted molar refractivity (Wildman–Crippen MR) is 117 cm³/mol. The van der Waals surface area contributed by atoms with Gasteiger partial charge in [0, 0.05) is 30.1 Å². The topological polar surface area (TPSA) is 54.0 Å². The summed E-state index contributed by atoms with van der Waals surface area (Å²) in [5.74, 6) is 0.827. The summed E-state index contributed by atoms with van der Waals surface area (Å²) in [6.45, 7) is 0.847. The Morgan fingerprint density at radius 1 is 1.00 bits per heavy atom. The molecule has 0 radical (unpaired) electrons. The second-order valence-electron chi connectivity index (χ2n) is 6.54. The zero-order valence-electron chi connectivity index (χ0n) is 15.6. The van der Waals surface area contributed by atoms with Crippen LogP contribution in [0.15, 0.2) is 72.9 Å². The van der Waals surface area contributed by atoms with Gasteiger partial charge in [0.25, 0.3) is 5.91 Å². The van der Waals surface area contributed by atoms with E-state index in [4.69, 9.17) is 0 Å². The van der Waals surface area contributed by atoms with Gasteiger partial charge >= 0.3 is 0 Å². The number of thiophene rings is 1. The van der Waals surface area contributed by atoms with Crippen molar-refractivity contribution in [1.82, 2.24) is 10.3 Å². The molecule has 0 aliphatic carbocycles. The first kappa shape index (κ1) is 18.2. The van der Waals surface area contributed by atoms with Crippen LogP contribution < -0.4 is 10.6 Å². The highest BCUT2D eigenvalue weighted by Gasteiger charge is 2.09. The number of nitrogens with one attached hydrogen (secondary N) is 2. The molecule has 2 N–H and O–H groups in total. The maximum absolute atomic E-state index is 11.8. The molecule has 0 spiro atoms. The van der Waals surface area contributed by atoms with E-state index < -0.39 is 0 Å². The lowest BCUT2D eigenvalue weighted by Gasteiger charge is -2.07. The van der Waals surface area contributed by atoms with Crippen molar-refractivity contribution < 1.29 is 4.79 Å². The average Bonchev–Trinajstić information content (AvgIpc) is 3.18. The molecule has 5 heteroatoms. The number of rotatable bonds is 6. The average molecular weight is 388 g/mol. The van der Waals surface area contributed by atoms with E-state index in [9.17, 15) is 4.79 Å². The number of nitrogens with zero attached hydrogens (tertiary/aromatic N) is 1. The first-order chi connectivity index (χ1) is 13.7. The quantitative estimate of drug-likeness (QED) is 0.491. The molecule has 28 heavy (non-hydrogen) atoms. The fraction of sp³-hybridized carbons (Fsp3) is 0.130. The van der Waals surface area contributed by atoms with E-state index in [-0.39, 0.29) is 5.91 Å². The van der Waals surface area contributed by atoms with Crippen molar-refractivity contribution >= 4 is 33.1 Å². The van der Waals surface area contributed by atoms with Gasteiger partial charge in [-0.15, -0.1) is 11.3 Å². The van der Waals surface area contributed by atoms with Gasteiger partial charge in [-0.25, -0.2) is 4.98 Å². The monoisotopic (exact) mass is 387 g/mol. The molecule has 0 unspecified atom stereocenters. The van der Waals surface area contributed by atoms with Crippen LogP contribution in [-0.4, -0.2) is 24.5 Å². The number of anilines is 1. The van der Waals surface area contributed by atoms with Crippen LogP contribution in [0.2, 0.25) is 0 Å². The van der Waals surface area contributed by atoms with E-state index in [2.05, 4.69) is 64.1 Å². The van der Waals surface area contributed by atoms with Gasteiger partial charge in [-0.05, 0) is 53.3 Å². The van der Waals surface area contributed by atoms with Crippen LogP contribution in [-0.2, 0) is 6.42 Å². The van der Waals surface area contributed by atoms with E-state index >= 15 is 0 Å². The molecule has 0 atom stereocenters. The molecule has 4 nitrogen and oxygen atoms in total. The molecule has 2 aromatic heterocycles. The number of carbonyl (C=O) groups is 1. The summed E-state index contributed by atoms with van der Waals surface area (Å²) in [4.78, 5) is 17.1. The van der Waals surface area contributed by atoms with Gasteiger partial charge in [-0.1, -0.05) is 36.4 Å². The molecule has 4 aromatic rings. The maximum Gasteiger partial charge on any atom is 0.261 e. The second-order valence-corrected chi connectivity index (χ2v) is 7.62. The van der Waals surface area contributed by atoms with Crippen molar-refractivity contribution in [1.29, 1.82) is 0 Å². The number of carbonyl (C=O) groups excluding carboxylic acids is 1. The maximum atomic E-state index is 11.8. The van der Waals surface area contributed by atoms with Crippen LogP contribution in [0.3, 0.4) is 0 Å². The third kappa shape index (κ3) is 4.05. The van der Waals surface area contributed by atoms with Gasteiger partial charge < -0.3 is 10.6 Å². The fourth-order valence-electron chi connectivity index (χ4n) is 3.11. The molecular weight excluding hydrogens is 366 g/mol. The summed E-state index contributed by atoms with van der Waals surface area (Å²) in [5, 5.41) is 7.12. The first-order valence-corrected chi connectivity index (χ1v) is 10.0. The molecule has 0 fully saturated rings. The summed E-state index contributed by atoms with van der Waals surface area (Å²) >= 11 is 1.51. The molecule has 140 valence electrons. The minimum Gasteiger partial charge on any atom is -0.370 e. The Balaban J connectivity index is 1.45. The Labute approximate surface area is 168 Å². The molecule has 2 aromatic carbocycles. The number of benzene rings is 2. The largest absolute Gasteiger partial charge is 0.370 e. The minimum absolute atomic E-state index is 0.0460. The van der Waals surface area contributed by atoms with Crippen LogP contribution in [0.1, 0.15) is 15.2 Å². The molecule has 0 bridgehead atoms. The highest BCUT2D eigenvalue weighted by molar-refractivity contribution is 7.20. The molecule has 1 amide bonds. The molecule has 0 saturated heterocycles. The van der Waals surface area contributed by atoms with Gasteiger partial charge in [-0.3, -0.25) is 4.79 Å². The molecular formula is C23H21N3OS. The van der Waals surface area contributed by atoms with Crippen LogP contribution >= 0.6 is 11.3 Å². The summed E-state index contributed by atoms with van der Waals surface area (Å²) < 4.78 is 1.11.